The monoisotopic (exact) mass is 158 g/mol. The van der Waals surface area contributed by atoms with E-state index in [4.69, 9.17) is 0 Å². The van der Waals surface area contributed by atoms with Gasteiger partial charge in [0.05, 0.1) is 5.52 Å². The van der Waals surface area contributed by atoms with E-state index >= 15 is 0 Å². The minimum absolute atomic E-state index is 0.259. The number of pyridine rings is 1. The Morgan fingerprint density at radius 1 is 1.25 bits per heavy atom. The third-order valence-corrected chi connectivity index (χ3v) is 1.72. The van der Waals surface area contributed by atoms with Gasteiger partial charge >= 0.3 is 0 Å². The van der Waals surface area contributed by atoms with Gasteiger partial charge in [-0.3, -0.25) is 4.98 Å². The number of hydrogen-bond acceptors (Lipinski definition) is 2. The van der Waals surface area contributed by atoms with Crippen LogP contribution in [0.3, 0.4) is 0 Å². The Bertz CT molecular complexity index is 386. The summed E-state index contributed by atoms with van der Waals surface area (Å²) in [6.07, 6.45) is 1.71. The van der Waals surface area contributed by atoms with Crippen molar-refractivity contribution in [3.8, 4) is 5.75 Å². The molecule has 2 heteroatoms. The lowest BCUT2D eigenvalue weighted by atomic mass is 10.2. The number of rotatable bonds is 0. The highest BCUT2D eigenvalue weighted by Gasteiger charge is 1.95. The number of hydrogen-bond donors (Lipinski definition) is 1. The van der Waals surface area contributed by atoms with Crippen molar-refractivity contribution in [2.75, 3.05) is 0 Å². The molecule has 0 aliphatic carbocycles. The molecule has 1 aromatic heterocycles. The van der Waals surface area contributed by atoms with Crippen molar-refractivity contribution in [1.29, 1.82) is 0 Å². The van der Waals surface area contributed by atoms with Gasteiger partial charge in [-0.25, -0.2) is 0 Å². The Morgan fingerprint density at radius 3 is 2.92 bits per heavy atom. The fraction of sp³-hybridized carbons (Fsp3) is 0. The van der Waals surface area contributed by atoms with Crippen molar-refractivity contribution in [2.24, 2.45) is 0 Å². The molecule has 2 aromatic rings. The zero-order valence-corrected chi connectivity index (χ0v) is 6.49. The number of nitrogens with zero attached hydrogens (tertiary/aromatic N) is 1. The van der Waals surface area contributed by atoms with Crippen LogP contribution in [0.5, 0.6) is 5.75 Å². The molecule has 1 aromatic carbocycles. The number of phenols is 1. The second kappa shape index (κ2) is 2.48. The van der Waals surface area contributed by atoms with E-state index in [0.717, 1.165) is 16.5 Å². The molecule has 0 fully saturated rings. The van der Waals surface area contributed by atoms with E-state index < -0.39 is 0 Å². The van der Waals surface area contributed by atoms with Gasteiger partial charge in [0, 0.05) is 11.6 Å². The van der Waals surface area contributed by atoms with E-state index in [-0.39, 0.29) is 5.75 Å². The van der Waals surface area contributed by atoms with Gasteiger partial charge < -0.3 is 5.11 Å². The normalized spacial score (nSPS) is 10.4. The first kappa shape index (κ1) is 7.10. The van der Waals surface area contributed by atoms with E-state index in [9.17, 15) is 5.11 Å². The molecular formula is C10H8NO. The van der Waals surface area contributed by atoms with Crippen LogP contribution < -0.4 is 0 Å². The molecule has 0 saturated carbocycles. The van der Waals surface area contributed by atoms with Gasteiger partial charge in [-0.15, -0.1) is 0 Å². The quantitative estimate of drug-likeness (QED) is 0.637. The number of aromatic nitrogens is 1. The highest BCUT2D eigenvalue weighted by atomic mass is 16.3. The Kier molecular flexibility index (Phi) is 1.47. The molecule has 12 heavy (non-hydrogen) atoms. The van der Waals surface area contributed by atoms with Crippen LogP contribution in [0.1, 0.15) is 5.56 Å². The van der Waals surface area contributed by atoms with Crippen LogP contribution in [-0.4, -0.2) is 10.1 Å². The minimum atomic E-state index is 0.259. The summed E-state index contributed by atoms with van der Waals surface area (Å²) in [5.41, 5.74) is 1.73. The van der Waals surface area contributed by atoms with E-state index in [0.29, 0.717) is 0 Å². The first-order valence-corrected chi connectivity index (χ1v) is 3.66. The third-order valence-electron chi connectivity index (χ3n) is 1.72. The average Bonchev–Trinajstić information content (AvgIpc) is 2.03. The molecule has 0 unspecified atom stereocenters. The summed E-state index contributed by atoms with van der Waals surface area (Å²) in [6, 6.07) is 6.97. The molecule has 0 saturated heterocycles. The Balaban J connectivity index is 2.80. The first-order chi connectivity index (χ1) is 5.75. The van der Waals surface area contributed by atoms with Crippen LogP contribution in [0.25, 0.3) is 10.9 Å². The van der Waals surface area contributed by atoms with Crippen molar-refractivity contribution in [2.45, 2.75) is 0 Å². The third kappa shape index (κ3) is 1.11. The first-order valence-electron chi connectivity index (χ1n) is 3.66. The largest absolute Gasteiger partial charge is 0.508 e. The summed E-state index contributed by atoms with van der Waals surface area (Å²) in [5, 5.41) is 10.1. The van der Waals surface area contributed by atoms with Crippen molar-refractivity contribution in [1.82, 2.24) is 4.98 Å². The van der Waals surface area contributed by atoms with E-state index in [1.165, 1.54) is 0 Å². The fourth-order valence-electron chi connectivity index (χ4n) is 1.16. The van der Waals surface area contributed by atoms with Crippen molar-refractivity contribution >= 4 is 10.9 Å². The van der Waals surface area contributed by atoms with Gasteiger partial charge in [0.15, 0.2) is 0 Å². The van der Waals surface area contributed by atoms with Crippen LogP contribution in [0, 0.1) is 6.92 Å². The number of fused-ring (bicyclic) bond motifs is 1. The standard InChI is InChI=1S/C10H8NO/c1-7-4-8-5-9(12)2-3-10(8)11-6-7/h2-6,12H,1H2. The van der Waals surface area contributed by atoms with Gasteiger partial charge in [-0.05, 0) is 36.8 Å². The topological polar surface area (TPSA) is 33.1 Å². The minimum Gasteiger partial charge on any atom is -0.508 e. The molecule has 0 aliphatic rings. The lowest BCUT2D eigenvalue weighted by molar-refractivity contribution is 0.476. The van der Waals surface area contributed by atoms with Gasteiger partial charge in [-0.2, -0.15) is 0 Å². The average molecular weight is 158 g/mol. The molecule has 1 heterocycles. The molecule has 2 rings (SSSR count). The van der Waals surface area contributed by atoms with Gasteiger partial charge in [-0.1, -0.05) is 0 Å². The summed E-state index contributed by atoms with van der Waals surface area (Å²) in [6.45, 7) is 3.76. The van der Waals surface area contributed by atoms with Crippen molar-refractivity contribution < 1.29 is 5.11 Å². The van der Waals surface area contributed by atoms with Gasteiger partial charge in [0.25, 0.3) is 0 Å². The molecule has 0 atom stereocenters. The molecular weight excluding hydrogens is 150 g/mol. The highest BCUT2D eigenvalue weighted by molar-refractivity contribution is 5.80. The predicted octanol–water partition coefficient (Wildman–Crippen LogP) is 2.12. The SMILES string of the molecule is [CH2]c1cnc2ccc(O)cc2c1. The molecule has 1 N–H and O–H groups in total. The lowest BCUT2D eigenvalue weighted by Gasteiger charge is -1.98. The second-order valence-corrected chi connectivity index (χ2v) is 2.72. The number of aromatic hydroxyl groups is 1. The smallest absolute Gasteiger partial charge is 0.116 e. The maximum Gasteiger partial charge on any atom is 0.116 e. The van der Waals surface area contributed by atoms with Crippen LogP contribution in [0.2, 0.25) is 0 Å². The van der Waals surface area contributed by atoms with E-state index in [1.54, 1.807) is 24.4 Å². The van der Waals surface area contributed by atoms with Crippen molar-refractivity contribution in [3.05, 3.63) is 42.9 Å². The molecule has 0 amide bonds. The Hall–Kier alpha value is -1.57. The Labute approximate surface area is 70.5 Å². The summed E-state index contributed by atoms with van der Waals surface area (Å²) >= 11 is 0. The van der Waals surface area contributed by atoms with Crippen LogP contribution >= 0.6 is 0 Å². The van der Waals surface area contributed by atoms with Crippen LogP contribution in [-0.2, 0) is 0 Å². The van der Waals surface area contributed by atoms with E-state index in [2.05, 4.69) is 11.9 Å². The molecule has 2 nitrogen and oxygen atoms in total. The molecule has 1 radical (unpaired) electrons. The predicted molar refractivity (Wildman–Crippen MR) is 47.9 cm³/mol. The van der Waals surface area contributed by atoms with Crippen LogP contribution in [0.15, 0.2) is 30.5 Å². The maximum atomic E-state index is 9.17. The summed E-state index contributed by atoms with van der Waals surface area (Å²) in [5.74, 6) is 0.259. The fourth-order valence-corrected chi connectivity index (χ4v) is 1.16. The zero-order chi connectivity index (χ0) is 8.55. The highest BCUT2D eigenvalue weighted by Crippen LogP contribution is 2.18. The zero-order valence-electron chi connectivity index (χ0n) is 6.49. The summed E-state index contributed by atoms with van der Waals surface area (Å²) < 4.78 is 0. The van der Waals surface area contributed by atoms with E-state index in [1.807, 2.05) is 6.07 Å². The molecule has 0 aliphatic heterocycles. The summed E-state index contributed by atoms with van der Waals surface area (Å²) in [7, 11) is 0. The lowest BCUT2D eigenvalue weighted by Crippen LogP contribution is -1.79. The Morgan fingerprint density at radius 2 is 2.08 bits per heavy atom. The van der Waals surface area contributed by atoms with Crippen LogP contribution in [0.4, 0.5) is 0 Å². The second-order valence-electron chi connectivity index (χ2n) is 2.72. The van der Waals surface area contributed by atoms with Gasteiger partial charge in [0.2, 0.25) is 0 Å². The molecule has 0 spiro atoms. The maximum absolute atomic E-state index is 9.17. The number of phenolic OH excluding ortho intramolecular Hbond substituents is 1. The number of benzene rings is 1. The molecule has 59 valence electrons. The van der Waals surface area contributed by atoms with Crippen molar-refractivity contribution in [3.63, 3.8) is 0 Å². The summed E-state index contributed by atoms with van der Waals surface area (Å²) in [4.78, 5) is 4.15. The molecule has 0 bridgehead atoms. The van der Waals surface area contributed by atoms with Gasteiger partial charge in [0.1, 0.15) is 5.75 Å².